The summed E-state index contributed by atoms with van der Waals surface area (Å²) >= 11 is 0. The van der Waals surface area contributed by atoms with Crippen molar-refractivity contribution in [1.82, 2.24) is 5.43 Å². The highest BCUT2D eigenvalue weighted by Gasteiger charge is 2.12. The second kappa shape index (κ2) is 8.15. The molecule has 0 aromatic heterocycles. The van der Waals surface area contributed by atoms with E-state index in [0.29, 0.717) is 17.1 Å². The molecule has 0 atom stereocenters. The maximum atomic E-state index is 12.4. The van der Waals surface area contributed by atoms with E-state index >= 15 is 0 Å². The van der Waals surface area contributed by atoms with Crippen molar-refractivity contribution in [2.75, 3.05) is 14.2 Å². The third-order valence-corrected chi connectivity index (χ3v) is 3.54. The van der Waals surface area contributed by atoms with Crippen molar-refractivity contribution in [2.45, 2.75) is 13.8 Å². The highest BCUT2D eigenvalue weighted by Crippen LogP contribution is 2.27. The van der Waals surface area contributed by atoms with Gasteiger partial charge in [-0.15, -0.1) is 0 Å². The summed E-state index contributed by atoms with van der Waals surface area (Å²) in [6, 6.07) is 14.8. The van der Waals surface area contributed by atoms with Crippen molar-refractivity contribution < 1.29 is 14.3 Å². The molecule has 2 aromatic carbocycles. The summed E-state index contributed by atoms with van der Waals surface area (Å²) in [6.07, 6.45) is 0. The zero-order valence-corrected chi connectivity index (χ0v) is 14.4. The first-order valence-electron chi connectivity index (χ1n) is 7.72. The van der Waals surface area contributed by atoms with E-state index in [9.17, 15) is 4.79 Å². The third kappa shape index (κ3) is 4.13. The largest absolute Gasteiger partial charge is 0.493 e. The van der Waals surface area contributed by atoms with Crippen LogP contribution in [0.1, 0.15) is 29.8 Å². The molecule has 0 radical (unpaired) electrons. The second-order valence-electron chi connectivity index (χ2n) is 5.53. The molecule has 1 N–H and O–H groups in total. The highest BCUT2D eigenvalue weighted by atomic mass is 16.5. The molecular formula is C19H22N2O3. The Labute approximate surface area is 142 Å². The van der Waals surface area contributed by atoms with Gasteiger partial charge in [0.05, 0.1) is 19.9 Å². The van der Waals surface area contributed by atoms with Crippen LogP contribution in [0.25, 0.3) is 0 Å². The van der Waals surface area contributed by atoms with Gasteiger partial charge < -0.3 is 9.47 Å². The molecular weight excluding hydrogens is 304 g/mol. The molecule has 5 heteroatoms. The van der Waals surface area contributed by atoms with Crippen molar-refractivity contribution in [3.05, 3.63) is 59.7 Å². The van der Waals surface area contributed by atoms with Crippen molar-refractivity contribution in [1.29, 1.82) is 0 Å². The van der Waals surface area contributed by atoms with E-state index in [1.165, 1.54) is 7.11 Å². The lowest BCUT2D eigenvalue weighted by molar-refractivity contribution is 0.0954. The van der Waals surface area contributed by atoms with Gasteiger partial charge in [0, 0.05) is 5.56 Å². The van der Waals surface area contributed by atoms with Crippen LogP contribution >= 0.6 is 0 Å². The average molecular weight is 326 g/mol. The van der Waals surface area contributed by atoms with Gasteiger partial charge in [0.25, 0.3) is 5.91 Å². The molecule has 0 heterocycles. The van der Waals surface area contributed by atoms with Crippen LogP contribution in [0.5, 0.6) is 11.5 Å². The fourth-order valence-electron chi connectivity index (χ4n) is 2.29. The van der Waals surface area contributed by atoms with Gasteiger partial charge in [-0.2, -0.15) is 5.10 Å². The van der Waals surface area contributed by atoms with Crippen molar-refractivity contribution in [3.63, 3.8) is 0 Å². The number of carbonyl (C=O) groups is 1. The van der Waals surface area contributed by atoms with Crippen LogP contribution in [0, 0.1) is 5.92 Å². The van der Waals surface area contributed by atoms with Gasteiger partial charge in [-0.25, -0.2) is 5.43 Å². The molecule has 2 rings (SSSR count). The smallest absolute Gasteiger partial charge is 0.271 e. The van der Waals surface area contributed by atoms with Crippen LogP contribution in [-0.4, -0.2) is 25.8 Å². The van der Waals surface area contributed by atoms with E-state index in [1.807, 2.05) is 44.2 Å². The van der Waals surface area contributed by atoms with Gasteiger partial charge in [-0.05, 0) is 29.7 Å². The first kappa shape index (κ1) is 17.5. The predicted molar refractivity (Wildman–Crippen MR) is 94.8 cm³/mol. The van der Waals surface area contributed by atoms with E-state index in [-0.39, 0.29) is 11.8 Å². The number of methoxy groups -OCH3 is 2. The molecule has 126 valence electrons. The Morgan fingerprint density at radius 2 is 1.62 bits per heavy atom. The fourth-order valence-corrected chi connectivity index (χ4v) is 2.29. The van der Waals surface area contributed by atoms with Gasteiger partial charge in [-0.3, -0.25) is 4.79 Å². The number of hydrazone groups is 1. The topological polar surface area (TPSA) is 59.9 Å². The average Bonchev–Trinajstić information content (AvgIpc) is 2.61. The molecule has 24 heavy (non-hydrogen) atoms. The van der Waals surface area contributed by atoms with Crippen molar-refractivity contribution in [3.8, 4) is 11.5 Å². The van der Waals surface area contributed by atoms with Crippen LogP contribution < -0.4 is 14.9 Å². The van der Waals surface area contributed by atoms with Crippen LogP contribution in [0.2, 0.25) is 0 Å². The SMILES string of the molecule is COc1ccc(C(=O)NN=C(c2ccccc2)C(C)C)cc1OC. The number of ether oxygens (including phenoxy) is 2. The number of nitrogens with zero attached hydrogens (tertiary/aromatic N) is 1. The van der Waals surface area contributed by atoms with Gasteiger partial charge in [0.2, 0.25) is 0 Å². The molecule has 0 aliphatic heterocycles. The summed E-state index contributed by atoms with van der Waals surface area (Å²) in [5, 5.41) is 4.31. The van der Waals surface area contributed by atoms with E-state index in [0.717, 1.165) is 11.3 Å². The molecule has 0 aliphatic carbocycles. The maximum Gasteiger partial charge on any atom is 0.271 e. The fraction of sp³-hybridized carbons (Fsp3) is 0.263. The lowest BCUT2D eigenvalue weighted by atomic mass is 10.0. The second-order valence-corrected chi connectivity index (χ2v) is 5.53. The molecule has 0 fully saturated rings. The standard InChI is InChI=1S/C19H22N2O3/c1-13(2)18(14-8-6-5-7-9-14)20-21-19(22)15-10-11-16(23-3)17(12-15)24-4/h5-13H,1-4H3,(H,21,22). The first-order chi connectivity index (χ1) is 11.6. The molecule has 0 bridgehead atoms. The Bertz CT molecular complexity index is 725. The summed E-state index contributed by atoms with van der Waals surface area (Å²) < 4.78 is 10.4. The molecule has 5 nitrogen and oxygen atoms in total. The van der Waals surface area contributed by atoms with Crippen LogP contribution in [0.4, 0.5) is 0 Å². The molecule has 2 aromatic rings. The van der Waals surface area contributed by atoms with Crippen LogP contribution in [-0.2, 0) is 0 Å². The summed E-state index contributed by atoms with van der Waals surface area (Å²) in [4.78, 5) is 12.4. The van der Waals surface area contributed by atoms with Crippen LogP contribution in [0.15, 0.2) is 53.6 Å². The van der Waals surface area contributed by atoms with Gasteiger partial charge in [-0.1, -0.05) is 44.2 Å². The first-order valence-corrected chi connectivity index (χ1v) is 7.72. The van der Waals surface area contributed by atoms with E-state index in [1.54, 1.807) is 25.3 Å². The highest BCUT2D eigenvalue weighted by molar-refractivity contribution is 6.03. The Hall–Kier alpha value is -2.82. The number of benzene rings is 2. The molecule has 0 aliphatic rings. The maximum absolute atomic E-state index is 12.4. The summed E-state index contributed by atoms with van der Waals surface area (Å²) in [6.45, 7) is 4.07. The number of nitrogens with one attached hydrogen (secondary N) is 1. The van der Waals surface area contributed by atoms with E-state index in [4.69, 9.17) is 9.47 Å². The molecule has 0 spiro atoms. The van der Waals surface area contributed by atoms with Crippen molar-refractivity contribution >= 4 is 11.6 Å². The minimum Gasteiger partial charge on any atom is -0.493 e. The lowest BCUT2D eigenvalue weighted by Gasteiger charge is -2.11. The Balaban J connectivity index is 2.22. The zero-order chi connectivity index (χ0) is 17.5. The number of amides is 1. The monoisotopic (exact) mass is 326 g/mol. The zero-order valence-electron chi connectivity index (χ0n) is 14.4. The molecule has 0 unspecified atom stereocenters. The van der Waals surface area contributed by atoms with Gasteiger partial charge in [0.15, 0.2) is 11.5 Å². The summed E-state index contributed by atoms with van der Waals surface area (Å²) in [5.74, 6) is 0.953. The van der Waals surface area contributed by atoms with Crippen molar-refractivity contribution in [2.24, 2.45) is 11.0 Å². The quantitative estimate of drug-likeness (QED) is 0.653. The molecule has 0 saturated heterocycles. The molecule has 1 amide bonds. The minimum atomic E-state index is -0.301. The van der Waals surface area contributed by atoms with E-state index < -0.39 is 0 Å². The number of hydrogen-bond acceptors (Lipinski definition) is 4. The lowest BCUT2D eigenvalue weighted by Crippen LogP contribution is -2.22. The van der Waals surface area contributed by atoms with Crippen LogP contribution in [0.3, 0.4) is 0 Å². The third-order valence-electron chi connectivity index (χ3n) is 3.54. The number of rotatable bonds is 6. The Morgan fingerprint density at radius 3 is 2.21 bits per heavy atom. The van der Waals surface area contributed by atoms with Gasteiger partial charge >= 0.3 is 0 Å². The Kier molecular flexibility index (Phi) is 5.95. The minimum absolute atomic E-state index is 0.179. The van der Waals surface area contributed by atoms with Gasteiger partial charge in [0.1, 0.15) is 0 Å². The number of carbonyl (C=O) groups excluding carboxylic acids is 1. The normalized spacial score (nSPS) is 11.3. The summed E-state index contributed by atoms with van der Waals surface area (Å²) in [7, 11) is 3.08. The summed E-state index contributed by atoms with van der Waals surface area (Å²) in [5.41, 5.74) is 4.88. The predicted octanol–water partition coefficient (Wildman–Crippen LogP) is 3.49. The number of hydrogen-bond donors (Lipinski definition) is 1. The molecule has 0 saturated carbocycles. The Morgan fingerprint density at radius 1 is 0.958 bits per heavy atom. The van der Waals surface area contributed by atoms with E-state index in [2.05, 4.69) is 10.5 Å².